The summed E-state index contributed by atoms with van der Waals surface area (Å²) in [5.74, 6) is 0.533. The van der Waals surface area contributed by atoms with E-state index in [-0.39, 0.29) is 0 Å². The van der Waals surface area contributed by atoms with Crippen LogP contribution >= 0.6 is 0 Å². The van der Waals surface area contributed by atoms with E-state index < -0.39 is 10.2 Å². The second kappa shape index (κ2) is 4.58. The normalized spacial score (nSPS) is 11.5. The summed E-state index contributed by atoms with van der Waals surface area (Å²) in [6, 6.07) is 4.76. The zero-order valence-corrected chi connectivity index (χ0v) is 10.2. The van der Waals surface area contributed by atoms with E-state index in [9.17, 15) is 8.42 Å². The number of nitrogens with two attached hydrogens (primary N) is 1. The summed E-state index contributed by atoms with van der Waals surface area (Å²) >= 11 is 0. The predicted octanol–water partition coefficient (Wildman–Crippen LogP) is 0.496. The van der Waals surface area contributed by atoms with Crippen molar-refractivity contribution in [3.05, 3.63) is 18.2 Å². The van der Waals surface area contributed by atoms with Crippen molar-refractivity contribution < 1.29 is 13.2 Å². The van der Waals surface area contributed by atoms with Gasteiger partial charge in [0, 0.05) is 20.2 Å². The molecule has 7 heteroatoms. The molecule has 0 unspecified atom stereocenters. The average Bonchev–Trinajstić information content (AvgIpc) is 2.21. The fourth-order valence-corrected chi connectivity index (χ4v) is 1.62. The van der Waals surface area contributed by atoms with Gasteiger partial charge in [0.25, 0.3) is 0 Å². The van der Waals surface area contributed by atoms with Gasteiger partial charge in [0.05, 0.1) is 18.5 Å². The lowest BCUT2D eigenvalue weighted by atomic mass is 10.2. The van der Waals surface area contributed by atoms with Crippen molar-refractivity contribution in [3.63, 3.8) is 0 Å². The van der Waals surface area contributed by atoms with Gasteiger partial charge in [-0.25, -0.2) is 0 Å². The molecule has 0 saturated carbocycles. The van der Waals surface area contributed by atoms with Crippen LogP contribution in [-0.2, 0) is 10.2 Å². The molecule has 0 aliphatic rings. The van der Waals surface area contributed by atoms with Gasteiger partial charge in [-0.05, 0) is 12.1 Å². The largest absolute Gasteiger partial charge is 0.497 e. The van der Waals surface area contributed by atoms with E-state index in [0.717, 1.165) is 4.31 Å². The minimum atomic E-state index is -3.55. The van der Waals surface area contributed by atoms with E-state index in [2.05, 4.69) is 4.72 Å². The maximum atomic E-state index is 11.6. The van der Waals surface area contributed by atoms with Crippen LogP contribution in [0.4, 0.5) is 11.4 Å². The number of benzene rings is 1. The van der Waals surface area contributed by atoms with Crippen LogP contribution in [0.3, 0.4) is 0 Å². The number of hydrogen-bond acceptors (Lipinski definition) is 4. The SMILES string of the molecule is COc1ccc(N)c(NS(=O)(=O)N(C)C)c1. The third-order valence-corrected chi connectivity index (χ3v) is 3.42. The van der Waals surface area contributed by atoms with E-state index in [4.69, 9.17) is 10.5 Å². The van der Waals surface area contributed by atoms with E-state index >= 15 is 0 Å². The zero-order valence-electron chi connectivity index (χ0n) is 9.39. The number of nitrogens with one attached hydrogen (secondary N) is 1. The summed E-state index contributed by atoms with van der Waals surface area (Å²) < 4.78 is 31.5. The van der Waals surface area contributed by atoms with Gasteiger partial charge >= 0.3 is 10.2 Å². The van der Waals surface area contributed by atoms with Crippen LogP contribution in [-0.4, -0.2) is 33.9 Å². The second-order valence-corrected chi connectivity index (χ2v) is 5.23. The van der Waals surface area contributed by atoms with E-state index in [1.807, 2.05) is 0 Å². The Morgan fingerprint density at radius 2 is 2.00 bits per heavy atom. The first-order valence-corrected chi connectivity index (χ1v) is 5.94. The van der Waals surface area contributed by atoms with Gasteiger partial charge in [-0.15, -0.1) is 0 Å². The molecule has 0 fully saturated rings. The molecule has 0 heterocycles. The van der Waals surface area contributed by atoms with Crippen molar-refractivity contribution in [2.45, 2.75) is 0 Å². The Morgan fingerprint density at radius 1 is 1.38 bits per heavy atom. The molecule has 3 N–H and O–H groups in total. The van der Waals surface area contributed by atoms with Gasteiger partial charge in [0.15, 0.2) is 0 Å². The average molecular weight is 245 g/mol. The Morgan fingerprint density at radius 3 is 2.50 bits per heavy atom. The summed E-state index contributed by atoms with van der Waals surface area (Å²) in [5, 5.41) is 0. The summed E-state index contributed by atoms with van der Waals surface area (Å²) in [4.78, 5) is 0. The maximum Gasteiger partial charge on any atom is 0.301 e. The van der Waals surface area contributed by atoms with Gasteiger partial charge in [-0.3, -0.25) is 4.72 Å². The molecule has 1 aromatic rings. The molecule has 0 amide bonds. The van der Waals surface area contributed by atoms with Crippen LogP contribution in [0.5, 0.6) is 5.75 Å². The molecule has 1 aromatic carbocycles. The molecule has 16 heavy (non-hydrogen) atoms. The smallest absolute Gasteiger partial charge is 0.301 e. The molecule has 0 aromatic heterocycles. The first-order chi connectivity index (χ1) is 7.36. The molecule has 0 aliphatic carbocycles. The minimum Gasteiger partial charge on any atom is -0.497 e. The topological polar surface area (TPSA) is 84.7 Å². The molecule has 90 valence electrons. The van der Waals surface area contributed by atoms with E-state index in [0.29, 0.717) is 17.1 Å². The first-order valence-electron chi connectivity index (χ1n) is 4.50. The Hall–Kier alpha value is -1.47. The molecule has 0 atom stereocenters. The summed E-state index contributed by atoms with van der Waals surface area (Å²) in [6.45, 7) is 0. The van der Waals surface area contributed by atoms with Crippen molar-refractivity contribution in [1.29, 1.82) is 0 Å². The molecular formula is C9H15N3O3S. The van der Waals surface area contributed by atoms with Crippen molar-refractivity contribution in [2.24, 2.45) is 0 Å². The third kappa shape index (κ3) is 2.77. The van der Waals surface area contributed by atoms with Gasteiger partial charge in [0.2, 0.25) is 0 Å². The highest BCUT2D eigenvalue weighted by molar-refractivity contribution is 7.90. The van der Waals surface area contributed by atoms with Crippen molar-refractivity contribution in [1.82, 2.24) is 4.31 Å². The van der Waals surface area contributed by atoms with Crippen molar-refractivity contribution >= 4 is 21.6 Å². The number of rotatable bonds is 4. The van der Waals surface area contributed by atoms with Crippen molar-refractivity contribution in [3.8, 4) is 5.75 Å². The molecule has 1 rings (SSSR count). The molecular weight excluding hydrogens is 230 g/mol. The van der Waals surface area contributed by atoms with Crippen LogP contribution in [0.2, 0.25) is 0 Å². The van der Waals surface area contributed by atoms with Gasteiger partial charge < -0.3 is 10.5 Å². The Balaban J connectivity index is 3.06. The van der Waals surface area contributed by atoms with Crippen LogP contribution in [0.25, 0.3) is 0 Å². The standard InChI is InChI=1S/C9H15N3O3S/c1-12(2)16(13,14)11-9-6-7(15-3)4-5-8(9)10/h4-6,11H,10H2,1-3H3. The Labute approximate surface area is 95.2 Å². The van der Waals surface area contributed by atoms with E-state index in [1.165, 1.54) is 27.3 Å². The zero-order chi connectivity index (χ0) is 12.3. The first kappa shape index (κ1) is 12.6. The number of nitrogens with zero attached hydrogens (tertiary/aromatic N) is 1. The summed E-state index contributed by atoms with van der Waals surface area (Å²) in [7, 11) is 0.803. The Kier molecular flexibility index (Phi) is 3.61. The number of anilines is 2. The van der Waals surface area contributed by atoms with Crippen LogP contribution in [0.1, 0.15) is 0 Å². The number of nitrogen functional groups attached to an aromatic ring is 1. The highest BCUT2D eigenvalue weighted by atomic mass is 32.2. The van der Waals surface area contributed by atoms with Gasteiger partial charge in [-0.2, -0.15) is 12.7 Å². The molecule has 0 saturated heterocycles. The highest BCUT2D eigenvalue weighted by Gasteiger charge is 2.14. The van der Waals surface area contributed by atoms with Crippen LogP contribution in [0.15, 0.2) is 18.2 Å². The van der Waals surface area contributed by atoms with Gasteiger partial charge in [0.1, 0.15) is 5.75 Å². The molecule has 0 spiro atoms. The fourth-order valence-electron chi connectivity index (χ4n) is 0.981. The van der Waals surface area contributed by atoms with Crippen LogP contribution < -0.4 is 15.2 Å². The molecule has 6 nitrogen and oxygen atoms in total. The molecule has 0 radical (unpaired) electrons. The third-order valence-electron chi connectivity index (χ3n) is 1.98. The monoisotopic (exact) mass is 245 g/mol. The van der Waals surface area contributed by atoms with Crippen molar-refractivity contribution in [2.75, 3.05) is 31.7 Å². The quantitative estimate of drug-likeness (QED) is 0.756. The summed E-state index contributed by atoms with van der Waals surface area (Å²) in [5.41, 5.74) is 6.29. The van der Waals surface area contributed by atoms with E-state index in [1.54, 1.807) is 12.1 Å². The Bertz CT molecular complexity index is 471. The molecule has 0 bridgehead atoms. The maximum absolute atomic E-state index is 11.6. The van der Waals surface area contributed by atoms with Crippen LogP contribution in [0, 0.1) is 0 Å². The number of ether oxygens (including phenoxy) is 1. The summed E-state index contributed by atoms with van der Waals surface area (Å²) in [6.07, 6.45) is 0. The second-order valence-electron chi connectivity index (χ2n) is 3.34. The predicted molar refractivity (Wildman–Crippen MR) is 63.6 cm³/mol. The minimum absolute atomic E-state index is 0.299. The lowest BCUT2D eigenvalue weighted by Crippen LogP contribution is -2.29. The number of hydrogen-bond donors (Lipinski definition) is 2. The number of methoxy groups -OCH3 is 1. The van der Waals surface area contributed by atoms with Gasteiger partial charge in [-0.1, -0.05) is 0 Å². The fraction of sp³-hybridized carbons (Fsp3) is 0.333. The lowest BCUT2D eigenvalue weighted by Gasteiger charge is -2.15. The highest BCUT2D eigenvalue weighted by Crippen LogP contribution is 2.25. The lowest BCUT2D eigenvalue weighted by molar-refractivity contribution is 0.415. The molecule has 0 aliphatic heterocycles.